The van der Waals surface area contributed by atoms with Gasteiger partial charge in [-0.2, -0.15) is 0 Å². The van der Waals surface area contributed by atoms with Gasteiger partial charge >= 0.3 is 0 Å². The summed E-state index contributed by atoms with van der Waals surface area (Å²) in [6.07, 6.45) is 2.47. The second-order valence-electron chi connectivity index (χ2n) is 3.62. The van der Waals surface area contributed by atoms with Gasteiger partial charge in [-0.25, -0.2) is 8.42 Å². The fraction of sp³-hybridized carbons (Fsp3) is 0.500. The second-order valence-corrected chi connectivity index (χ2v) is 5.60. The molecule has 0 saturated carbocycles. The van der Waals surface area contributed by atoms with E-state index < -0.39 is 9.84 Å². The molecule has 0 bridgehead atoms. The van der Waals surface area contributed by atoms with Crippen molar-refractivity contribution in [2.45, 2.75) is 31.7 Å². The number of hydrogen-bond acceptors (Lipinski definition) is 3. The average molecular weight is 243 g/mol. The van der Waals surface area contributed by atoms with Crippen LogP contribution < -0.4 is 5.32 Å². The first-order chi connectivity index (χ1) is 7.47. The van der Waals surface area contributed by atoms with Gasteiger partial charge in [-0.1, -0.05) is 38.5 Å². The molecular weight excluding hydrogens is 222 g/mol. The summed E-state index contributed by atoms with van der Waals surface area (Å²) in [5.41, 5.74) is 0.813. The molecule has 0 aliphatic carbocycles. The molecule has 4 heteroatoms. The maximum absolute atomic E-state index is 11.3. The normalized spacial score (nSPS) is 10.5. The molecule has 0 spiro atoms. The van der Waals surface area contributed by atoms with Gasteiger partial charge in [-0.05, 0) is 18.7 Å². The van der Waals surface area contributed by atoms with E-state index >= 15 is 0 Å². The van der Waals surface area contributed by atoms with Crippen LogP contribution in [0.5, 0.6) is 0 Å². The fourth-order valence-electron chi connectivity index (χ4n) is 1.20. The minimum atomic E-state index is -3.10. The predicted octanol–water partition coefficient (Wildman–Crippen LogP) is 2.23. The Hall–Kier alpha value is -0.870. The van der Waals surface area contributed by atoms with Crippen molar-refractivity contribution in [3.05, 3.63) is 29.8 Å². The topological polar surface area (TPSA) is 46.2 Å². The minimum absolute atomic E-state index is 0.407. The molecule has 1 N–H and O–H groups in total. The minimum Gasteiger partial charge on any atom is -0.316 e. The zero-order chi connectivity index (χ0) is 12.6. The Bertz CT molecular complexity index is 399. The smallest absolute Gasteiger partial charge is 0.175 e. The molecule has 1 aromatic rings. The van der Waals surface area contributed by atoms with Gasteiger partial charge in [0.25, 0.3) is 0 Å². The van der Waals surface area contributed by atoms with Crippen LogP contribution in [0.3, 0.4) is 0 Å². The van der Waals surface area contributed by atoms with Crippen molar-refractivity contribution in [2.75, 3.05) is 13.3 Å². The zero-order valence-corrected chi connectivity index (χ0v) is 11.3. The quantitative estimate of drug-likeness (QED) is 0.885. The Morgan fingerprint density at radius 1 is 1.19 bits per heavy atom. The number of nitrogens with one attached hydrogen (secondary N) is 1. The molecule has 0 saturated heterocycles. The van der Waals surface area contributed by atoms with Crippen LogP contribution >= 0.6 is 0 Å². The molecular formula is C12H21NO2S. The maximum atomic E-state index is 11.3. The SMILES string of the molecule is CCC.CNCc1ccccc1S(C)(=O)=O. The first-order valence-electron chi connectivity index (χ1n) is 5.39. The lowest BCUT2D eigenvalue weighted by Gasteiger charge is -2.05. The van der Waals surface area contributed by atoms with Gasteiger partial charge in [-0.15, -0.1) is 0 Å². The molecule has 0 amide bonds. The maximum Gasteiger partial charge on any atom is 0.175 e. The fourth-order valence-corrected chi connectivity index (χ4v) is 2.14. The summed E-state index contributed by atoms with van der Waals surface area (Å²) in [6.45, 7) is 4.82. The van der Waals surface area contributed by atoms with Gasteiger partial charge in [0.05, 0.1) is 4.90 Å². The number of rotatable bonds is 3. The highest BCUT2D eigenvalue weighted by Crippen LogP contribution is 2.14. The summed E-state index contributed by atoms with van der Waals surface area (Å²) >= 11 is 0. The summed E-state index contributed by atoms with van der Waals surface area (Å²) < 4.78 is 22.6. The zero-order valence-electron chi connectivity index (χ0n) is 10.4. The van der Waals surface area contributed by atoms with Crippen molar-refractivity contribution in [1.29, 1.82) is 0 Å². The number of sulfone groups is 1. The van der Waals surface area contributed by atoms with Crippen LogP contribution in [0.4, 0.5) is 0 Å². The van der Waals surface area contributed by atoms with E-state index in [2.05, 4.69) is 19.2 Å². The average Bonchev–Trinajstić information content (AvgIpc) is 2.18. The van der Waals surface area contributed by atoms with Gasteiger partial charge in [0.15, 0.2) is 9.84 Å². The molecule has 0 fully saturated rings. The Balaban J connectivity index is 0.000000673. The first-order valence-corrected chi connectivity index (χ1v) is 7.29. The lowest BCUT2D eigenvalue weighted by molar-refractivity contribution is 0.600. The van der Waals surface area contributed by atoms with E-state index in [9.17, 15) is 8.42 Å². The molecule has 3 nitrogen and oxygen atoms in total. The van der Waals surface area contributed by atoms with E-state index in [-0.39, 0.29) is 0 Å². The molecule has 0 unspecified atom stereocenters. The van der Waals surface area contributed by atoms with Crippen molar-refractivity contribution in [2.24, 2.45) is 0 Å². The molecule has 0 aromatic heterocycles. The Morgan fingerprint density at radius 2 is 1.69 bits per heavy atom. The largest absolute Gasteiger partial charge is 0.316 e. The highest BCUT2D eigenvalue weighted by Gasteiger charge is 2.10. The Morgan fingerprint density at radius 3 is 2.12 bits per heavy atom. The van der Waals surface area contributed by atoms with Crippen LogP contribution in [-0.4, -0.2) is 21.7 Å². The number of hydrogen-bond donors (Lipinski definition) is 1. The van der Waals surface area contributed by atoms with Crippen molar-refractivity contribution in [3.63, 3.8) is 0 Å². The highest BCUT2D eigenvalue weighted by atomic mass is 32.2. The van der Waals surface area contributed by atoms with Crippen LogP contribution in [0.2, 0.25) is 0 Å². The lowest BCUT2D eigenvalue weighted by Crippen LogP contribution is -2.10. The van der Waals surface area contributed by atoms with Crippen LogP contribution in [0.25, 0.3) is 0 Å². The molecule has 1 rings (SSSR count). The van der Waals surface area contributed by atoms with E-state index in [1.54, 1.807) is 19.2 Å². The molecule has 0 atom stereocenters. The van der Waals surface area contributed by atoms with Crippen LogP contribution in [0, 0.1) is 0 Å². The van der Waals surface area contributed by atoms with Crippen LogP contribution in [0.15, 0.2) is 29.2 Å². The Labute approximate surface area is 98.8 Å². The molecule has 0 heterocycles. The van der Waals surface area contributed by atoms with E-state index in [1.165, 1.54) is 12.7 Å². The van der Waals surface area contributed by atoms with E-state index in [0.717, 1.165) is 5.56 Å². The van der Waals surface area contributed by atoms with Gasteiger partial charge < -0.3 is 5.32 Å². The van der Waals surface area contributed by atoms with Crippen molar-refractivity contribution < 1.29 is 8.42 Å². The highest BCUT2D eigenvalue weighted by molar-refractivity contribution is 7.90. The number of benzene rings is 1. The van der Waals surface area contributed by atoms with Gasteiger partial charge in [0.1, 0.15) is 0 Å². The first kappa shape index (κ1) is 15.1. The van der Waals surface area contributed by atoms with Crippen LogP contribution in [-0.2, 0) is 16.4 Å². The second kappa shape index (κ2) is 7.41. The van der Waals surface area contributed by atoms with Crippen LogP contribution in [0.1, 0.15) is 25.8 Å². The van der Waals surface area contributed by atoms with E-state index in [4.69, 9.17) is 0 Å². The Kier molecular flexibility index (Phi) is 7.01. The lowest BCUT2D eigenvalue weighted by atomic mass is 10.2. The monoisotopic (exact) mass is 243 g/mol. The van der Waals surface area contributed by atoms with E-state index in [0.29, 0.717) is 11.4 Å². The van der Waals surface area contributed by atoms with Crippen molar-refractivity contribution >= 4 is 9.84 Å². The summed E-state index contributed by atoms with van der Waals surface area (Å²) in [6, 6.07) is 7.01. The third kappa shape index (κ3) is 5.28. The third-order valence-corrected chi connectivity index (χ3v) is 2.94. The molecule has 0 aliphatic heterocycles. The summed E-state index contributed by atoms with van der Waals surface area (Å²) in [5, 5.41) is 2.93. The summed E-state index contributed by atoms with van der Waals surface area (Å²) in [4.78, 5) is 0.407. The van der Waals surface area contributed by atoms with E-state index in [1.807, 2.05) is 12.1 Å². The van der Waals surface area contributed by atoms with Gasteiger partial charge in [-0.3, -0.25) is 0 Å². The van der Waals surface area contributed by atoms with Gasteiger partial charge in [0.2, 0.25) is 0 Å². The van der Waals surface area contributed by atoms with Crippen molar-refractivity contribution in [3.8, 4) is 0 Å². The molecule has 92 valence electrons. The standard InChI is InChI=1S/C9H13NO2S.C3H8/c1-10-7-8-5-3-4-6-9(8)13(2,11)12;1-3-2/h3-6,10H,7H2,1-2H3;3H2,1-2H3. The molecule has 0 radical (unpaired) electrons. The summed E-state index contributed by atoms with van der Waals surface area (Å²) in [5.74, 6) is 0. The third-order valence-electron chi connectivity index (χ3n) is 1.74. The predicted molar refractivity (Wildman–Crippen MR) is 68.3 cm³/mol. The molecule has 1 aromatic carbocycles. The summed E-state index contributed by atoms with van der Waals surface area (Å²) in [7, 11) is -1.30. The van der Waals surface area contributed by atoms with Gasteiger partial charge in [0, 0.05) is 12.8 Å². The molecule has 0 aliphatic rings. The molecule has 16 heavy (non-hydrogen) atoms. The van der Waals surface area contributed by atoms with Crippen molar-refractivity contribution in [1.82, 2.24) is 5.32 Å².